The Morgan fingerprint density at radius 3 is 2.76 bits per heavy atom. The molecule has 0 spiro atoms. The van der Waals surface area contributed by atoms with Crippen LogP contribution in [0.5, 0.6) is 0 Å². The van der Waals surface area contributed by atoms with E-state index < -0.39 is 0 Å². The molecule has 0 bridgehead atoms. The molecule has 0 fully saturated rings. The Morgan fingerprint density at radius 1 is 1.53 bits per heavy atom. The van der Waals surface area contributed by atoms with Gasteiger partial charge in [-0.1, -0.05) is 5.21 Å². The van der Waals surface area contributed by atoms with Gasteiger partial charge in [-0.05, 0) is 19.9 Å². The molecule has 0 aromatic carbocycles. The van der Waals surface area contributed by atoms with Crippen LogP contribution >= 0.6 is 0 Å². The summed E-state index contributed by atoms with van der Waals surface area (Å²) in [5.74, 6) is 7.36. The molecule has 6 nitrogen and oxygen atoms in total. The van der Waals surface area contributed by atoms with E-state index in [0.717, 1.165) is 22.8 Å². The molecule has 2 aromatic rings. The number of nitrogens with one attached hydrogen (secondary N) is 1. The van der Waals surface area contributed by atoms with Crippen molar-refractivity contribution in [3.63, 3.8) is 0 Å². The van der Waals surface area contributed by atoms with Crippen molar-refractivity contribution in [1.29, 1.82) is 0 Å². The lowest BCUT2D eigenvalue weighted by atomic mass is 10.0. The molecule has 0 aliphatic carbocycles. The third-order valence-corrected chi connectivity index (χ3v) is 2.72. The summed E-state index contributed by atoms with van der Waals surface area (Å²) >= 11 is 0. The number of furan rings is 1. The lowest BCUT2D eigenvalue weighted by Crippen LogP contribution is -2.29. The van der Waals surface area contributed by atoms with Crippen LogP contribution in [0.15, 0.2) is 16.7 Å². The van der Waals surface area contributed by atoms with Crippen LogP contribution in [0.1, 0.15) is 28.8 Å². The van der Waals surface area contributed by atoms with Crippen LogP contribution in [0.3, 0.4) is 0 Å². The summed E-state index contributed by atoms with van der Waals surface area (Å²) in [6, 6.07) is 1.99. The van der Waals surface area contributed by atoms with Crippen molar-refractivity contribution in [2.24, 2.45) is 12.9 Å². The fraction of sp³-hybridized carbons (Fsp3) is 0.455. The lowest BCUT2D eigenvalue weighted by molar-refractivity contribution is 0.483. The number of rotatable bonds is 4. The molecule has 0 saturated carbocycles. The second-order valence-electron chi connectivity index (χ2n) is 4.18. The van der Waals surface area contributed by atoms with Gasteiger partial charge in [-0.2, -0.15) is 0 Å². The number of hydrogen-bond acceptors (Lipinski definition) is 5. The fourth-order valence-electron chi connectivity index (χ4n) is 1.95. The van der Waals surface area contributed by atoms with Crippen LogP contribution < -0.4 is 11.3 Å². The normalized spacial score (nSPS) is 12.9. The van der Waals surface area contributed by atoms with Gasteiger partial charge in [0.05, 0.1) is 11.7 Å². The maximum atomic E-state index is 5.59. The number of aryl methyl sites for hydroxylation is 3. The SMILES string of the molecule is Cc1cc(C(Cc2cn(C)nn2)NN)c(C)o1. The molecule has 0 amide bonds. The molecule has 3 N–H and O–H groups in total. The van der Waals surface area contributed by atoms with E-state index in [4.69, 9.17) is 10.3 Å². The first-order valence-corrected chi connectivity index (χ1v) is 5.48. The van der Waals surface area contributed by atoms with Crippen LogP contribution in [0.25, 0.3) is 0 Å². The minimum absolute atomic E-state index is 0.0100. The van der Waals surface area contributed by atoms with Gasteiger partial charge in [-0.25, -0.2) is 0 Å². The summed E-state index contributed by atoms with van der Waals surface area (Å²) in [6.45, 7) is 3.86. The molecule has 17 heavy (non-hydrogen) atoms. The van der Waals surface area contributed by atoms with Gasteiger partial charge in [-0.15, -0.1) is 5.10 Å². The molecular weight excluding hydrogens is 218 g/mol. The standard InChI is InChI=1S/C11H17N5O/c1-7-4-10(8(2)17-7)11(13-12)5-9-6-16(3)15-14-9/h4,6,11,13H,5,12H2,1-3H3. The Labute approximate surface area is 99.8 Å². The highest BCUT2D eigenvalue weighted by atomic mass is 16.3. The molecule has 92 valence electrons. The largest absolute Gasteiger partial charge is 0.466 e. The van der Waals surface area contributed by atoms with Crippen LogP contribution in [0.2, 0.25) is 0 Å². The van der Waals surface area contributed by atoms with Crippen molar-refractivity contribution in [1.82, 2.24) is 20.4 Å². The van der Waals surface area contributed by atoms with Crippen LogP contribution in [0, 0.1) is 13.8 Å². The Hall–Kier alpha value is -1.66. The predicted octanol–water partition coefficient (Wildman–Crippen LogP) is 0.772. The molecule has 2 heterocycles. The molecule has 0 saturated heterocycles. The van der Waals surface area contributed by atoms with Gasteiger partial charge in [0.15, 0.2) is 0 Å². The number of nitrogens with two attached hydrogens (primary N) is 1. The maximum Gasteiger partial charge on any atom is 0.105 e. The van der Waals surface area contributed by atoms with Gasteiger partial charge in [0.1, 0.15) is 11.5 Å². The second kappa shape index (κ2) is 4.68. The van der Waals surface area contributed by atoms with Gasteiger partial charge in [0.2, 0.25) is 0 Å². The van der Waals surface area contributed by atoms with Crippen LogP contribution in [-0.2, 0) is 13.5 Å². The van der Waals surface area contributed by atoms with E-state index in [-0.39, 0.29) is 6.04 Å². The topological polar surface area (TPSA) is 81.9 Å². The quantitative estimate of drug-likeness (QED) is 0.604. The highest BCUT2D eigenvalue weighted by molar-refractivity contribution is 5.25. The van der Waals surface area contributed by atoms with E-state index in [2.05, 4.69) is 15.7 Å². The zero-order chi connectivity index (χ0) is 12.4. The monoisotopic (exact) mass is 235 g/mol. The Balaban J connectivity index is 2.19. The molecule has 6 heteroatoms. The van der Waals surface area contributed by atoms with E-state index in [1.807, 2.05) is 33.2 Å². The molecule has 0 aliphatic heterocycles. The molecule has 2 rings (SSSR count). The highest BCUT2D eigenvalue weighted by Crippen LogP contribution is 2.23. The van der Waals surface area contributed by atoms with Gasteiger partial charge >= 0.3 is 0 Å². The molecule has 2 aromatic heterocycles. The predicted molar refractivity (Wildman–Crippen MR) is 63.0 cm³/mol. The number of aromatic nitrogens is 3. The summed E-state index contributed by atoms with van der Waals surface area (Å²) in [4.78, 5) is 0. The molecule has 1 unspecified atom stereocenters. The number of hydrazine groups is 1. The molecule has 0 aliphatic rings. The first-order chi connectivity index (χ1) is 8.10. The summed E-state index contributed by atoms with van der Waals surface area (Å²) < 4.78 is 7.18. The zero-order valence-electron chi connectivity index (χ0n) is 10.3. The summed E-state index contributed by atoms with van der Waals surface area (Å²) in [5.41, 5.74) is 4.76. The summed E-state index contributed by atoms with van der Waals surface area (Å²) in [5, 5.41) is 7.95. The van der Waals surface area contributed by atoms with Gasteiger partial charge < -0.3 is 4.42 Å². The maximum absolute atomic E-state index is 5.59. The lowest BCUT2D eigenvalue weighted by Gasteiger charge is -2.13. The van der Waals surface area contributed by atoms with Gasteiger partial charge in [0.25, 0.3) is 0 Å². The number of nitrogens with zero attached hydrogens (tertiary/aromatic N) is 3. The minimum Gasteiger partial charge on any atom is -0.466 e. The molecule has 0 radical (unpaired) electrons. The van der Waals surface area contributed by atoms with E-state index in [0.29, 0.717) is 6.42 Å². The van der Waals surface area contributed by atoms with Gasteiger partial charge in [0, 0.05) is 25.2 Å². The zero-order valence-corrected chi connectivity index (χ0v) is 10.3. The fourth-order valence-corrected chi connectivity index (χ4v) is 1.95. The highest BCUT2D eigenvalue weighted by Gasteiger charge is 2.17. The summed E-state index contributed by atoms with van der Waals surface area (Å²) in [6.07, 6.45) is 2.57. The van der Waals surface area contributed by atoms with Crippen molar-refractivity contribution in [3.8, 4) is 0 Å². The molecule has 1 atom stereocenters. The Morgan fingerprint density at radius 2 is 2.29 bits per heavy atom. The van der Waals surface area contributed by atoms with E-state index in [1.165, 1.54) is 0 Å². The average molecular weight is 235 g/mol. The van der Waals surface area contributed by atoms with Crippen LogP contribution in [0.4, 0.5) is 0 Å². The Kier molecular flexibility index (Phi) is 3.26. The first kappa shape index (κ1) is 11.8. The second-order valence-corrected chi connectivity index (χ2v) is 4.18. The average Bonchev–Trinajstić information content (AvgIpc) is 2.82. The van der Waals surface area contributed by atoms with Crippen molar-refractivity contribution in [3.05, 3.63) is 35.0 Å². The van der Waals surface area contributed by atoms with Crippen molar-refractivity contribution in [2.45, 2.75) is 26.3 Å². The van der Waals surface area contributed by atoms with Crippen LogP contribution in [-0.4, -0.2) is 15.0 Å². The molecular formula is C11H17N5O. The van der Waals surface area contributed by atoms with Gasteiger partial charge in [-0.3, -0.25) is 16.0 Å². The van der Waals surface area contributed by atoms with E-state index in [9.17, 15) is 0 Å². The summed E-state index contributed by atoms with van der Waals surface area (Å²) in [7, 11) is 1.84. The van der Waals surface area contributed by atoms with Crippen molar-refractivity contribution in [2.75, 3.05) is 0 Å². The Bertz CT molecular complexity index is 502. The number of hydrogen-bond donors (Lipinski definition) is 2. The first-order valence-electron chi connectivity index (χ1n) is 5.48. The van der Waals surface area contributed by atoms with E-state index in [1.54, 1.807) is 4.68 Å². The minimum atomic E-state index is -0.0100. The smallest absolute Gasteiger partial charge is 0.105 e. The van der Waals surface area contributed by atoms with Crippen molar-refractivity contribution >= 4 is 0 Å². The third kappa shape index (κ3) is 2.54. The van der Waals surface area contributed by atoms with Crippen molar-refractivity contribution < 1.29 is 4.42 Å². The van der Waals surface area contributed by atoms with E-state index >= 15 is 0 Å². The third-order valence-electron chi connectivity index (χ3n) is 2.72.